The quantitative estimate of drug-likeness (QED) is 0.538. The van der Waals surface area contributed by atoms with Gasteiger partial charge in [0, 0.05) is 5.33 Å². The molecule has 1 aromatic rings. The van der Waals surface area contributed by atoms with Crippen LogP contribution in [0.2, 0.25) is 0 Å². The summed E-state index contributed by atoms with van der Waals surface area (Å²) in [5.74, 6) is 1.80. The second kappa shape index (κ2) is 7.91. The van der Waals surface area contributed by atoms with Crippen molar-refractivity contribution in [1.82, 2.24) is 0 Å². The summed E-state index contributed by atoms with van der Waals surface area (Å²) in [6.07, 6.45) is 0. The van der Waals surface area contributed by atoms with E-state index in [9.17, 15) is 0 Å². The highest BCUT2D eigenvalue weighted by Crippen LogP contribution is 2.33. The first-order valence-electron chi connectivity index (χ1n) is 6.61. The van der Waals surface area contributed by atoms with Crippen LogP contribution in [0, 0.1) is 0 Å². The molecular weight excluding hydrogens is 296 g/mol. The molecule has 0 aliphatic rings. The van der Waals surface area contributed by atoms with Crippen LogP contribution in [0.15, 0.2) is 12.1 Å². The van der Waals surface area contributed by atoms with Crippen molar-refractivity contribution in [3.05, 3.63) is 34.4 Å². The summed E-state index contributed by atoms with van der Waals surface area (Å²) >= 11 is 3.66. The van der Waals surface area contributed by atoms with Crippen LogP contribution in [0.1, 0.15) is 81.5 Å². The zero-order chi connectivity index (χ0) is 13.2. The van der Waals surface area contributed by atoms with Gasteiger partial charge >= 0.3 is 23.1 Å². The summed E-state index contributed by atoms with van der Waals surface area (Å²) in [5, 5.41) is 0.965. The molecule has 0 unspecified atom stereocenters. The minimum absolute atomic E-state index is 0. The lowest BCUT2D eigenvalue weighted by molar-refractivity contribution is 0.790. The van der Waals surface area contributed by atoms with E-state index in [0.717, 1.165) is 5.33 Å². The van der Waals surface area contributed by atoms with Crippen LogP contribution < -0.4 is 0 Å². The first-order chi connectivity index (χ1) is 7.88. The lowest BCUT2D eigenvalue weighted by Crippen LogP contribution is -2.04. The maximum atomic E-state index is 3.66. The highest BCUT2D eigenvalue weighted by Gasteiger charge is 2.15. The molecule has 0 atom stereocenters. The molecule has 0 radical (unpaired) electrons. The summed E-state index contributed by atoms with van der Waals surface area (Å²) in [6, 6.07) is 4.80. The van der Waals surface area contributed by atoms with Crippen molar-refractivity contribution in [3.8, 4) is 0 Å². The van der Waals surface area contributed by atoms with Gasteiger partial charge in [-0.3, -0.25) is 0 Å². The molecule has 0 nitrogen and oxygen atoms in total. The van der Waals surface area contributed by atoms with Crippen LogP contribution >= 0.6 is 15.9 Å². The van der Waals surface area contributed by atoms with Gasteiger partial charge in [-0.05, 0) is 40.0 Å². The Morgan fingerprint density at radius 2 is 1.22 bits per heavy atom. The third kappa shape index (κ3) is 4.24. The van der Waals surface area contributed by atoms with Gasteiger partial charge in [-0.2, -0.15) is 0 Å². The smallest absolute Gasteiger partial charge is 0.0876 e. The molecule has 0 saturated carbocycles. The van der Waals surface area contributed by atoms with E-state index in [0.29, 0.717) is 17.8 Å². The molecule has 0 aromatic heterocycles. The van der Waals surface area contributed by atoms with Crippen molar-refractivity contribution < 1.29 is 0 Å². The zero-order valence-electron chi connectivity index (χ0n) is 12.0. The van der Waals surface area contributed by atoms with Gasteiger partial charge in [0.25, 0.3) is 0 Å². The van der Waals surface area contributed by atoms with Crippen LogP contribution in [-0.4, -0.2) is 23.1 Å². The lowest BCUT2D eigenvalue weighted by atomic mass is 9.85. The minimum Gasteiger partial charge on any atom is -0.0876 e. The predicted molar refractivity (Wildman–Crippen MR) is 89.9 cm³/mol. The fourth-order valence-corrected chi connectivity index (χ4v) is 2.91. The first-order valence-corrected chi connectivity index (χ1v) is 7.73. The predicted octanol–water partition coefficient (Wildman–Crippen LogP) is 5.04. The van der Waals surface area contributed by atoms with Crippen LogP contribution in [0.4, 0.5) is 0 Å². The number of halogens is 1. The summed E-state index contributed by atoms with van der Waals surface area (Å²) in [6.45, 7) is 13.7. The number of benzene rings is 1. The van der Waals surface area contributed by atoms with Gasteiger partial charge in [-0.15, -0.1) is 0 Å². The average Bonchev–Trinajstić information content (AvgIpc) is 2.26. The molecule has 100 valence electrons. The molecule has 0 aliphatic carbocycles. The molecule has 0 N–H and O–H groups in total. The second-order valence-electron chi connectivity index (χ2n) is 5.78. The molecule has 1 rings (SSSR count). The van der Waals surface area contributed by atoms with Crippen LogP contribution in [-0.2, 0) is 5.33 Å². The van der Waals surface area contributed by atoms with Crippen molar-refractivity contribution in [2.45, 2.75) is 64.6 Å². The summed E-state index contributed by atoms with van der Waals surface area (Å²) in [4.78, 5) is 0. The van der Waals surface area contributed by atoms with Gasteiger partial charge in [0.05, 0.1) is 0 Å². The Bertz CT molecular complexity index is 352. The molecule has 0 heterocycles. The molecule has 0 bridgehead atoms. The topological polar surface area (TPSA) is 0 Å². The zero-order valence-corrected chi connectivity index (χ0v) is 13.6. The fourth-order valence-electron chi connectivity index (χ4n) is 2.26. The molecule has 0 fully saturated rings. The maximum Gasteiger partial charge on any atom is 0.316 e. The van der Waals surface area contributed by atoms with Gasteiger partial charge in [-0.1, -0.05) is 69.6 Å². The van der Waals surface area contributed by atoms with Crippen molar-refractivity contribution in [3.63, 3.8) is 0 Å². The molecule has 0 spiro atoms. The van der Waals surface area contributed by atoms with E-state index in [4.69, 9.17) is 0 Å². The van der Waals surface area contributed by atoms with Gasteiger partial charge in [0.2, 0.25) is 0 Å². The van der Waals surface area contributed by atoms with E-state index >= 15 is 0 Å². The van der Waals surface area contributed by atoms with Crippen molar-refractivity contribution >= 4 is 39.0 Å². The Hall–Kier alpha value is 0.466. The van der Waals surface area contributed by atoms with Crippen LogP contribution in [0.5, 0.6) is 0 Å². The summed E-state index contributed by atoms with van der Waals surface area (Å²) in [5.41, 5.74) is 6.00. The molecule has 1 aromatic carbocycles. The maximum absolute atomic E-state index is 3.66. The van der Waals surface area contributed by atoms with Gasteiger partial charge in [0.15, 0.2) is 0 Å². The number of rotatable bonds is 4. The lowest BCUT2D eigenvalue weighted by Gasteiger charge is -2.21. The van der Waals surface area contributed by atoms with Crippen molar-refractivity contribution in [2.24, 2.45) is 0 Å². The molecule has 0 saturated heterocycles. The Balaban J connectivity index is 0.00000289. The largest absolute Gasteiger partial charge is 0.316 e. The third-order valence-electron chi connectivity index (χ3n) is 3.39. The summed E-state index contributed by atoms with van der Waals surface area (Å²) in [7, 11) is 0. The molecule has 0 aliphatic heterocycles. The van der Waals surface area contributed by atoms with E-state index in [2.05, 4.69) is 69.6 Å². The fraction of sp³-hybridized carbons (Fsp3) is 0.625. The number of hydrogen-bond donors (Lipinski definition) is 0. The molecule has 0 amide bonds. The average molecular weight is 324 g/mol. The van der Waals surface area contributed by atoms with Crippen LogP contribution in [0.25, 0.3) is 0 Å². The third-order valence-corrected chi connectivity index (χ3v) is 3.95. The van der Waals surface area contributed by atoms with Crippen molar-refractivity contribution in [2.75, 3.05) is 0 Å². The molecule has 2 heteroatoms. The Kier molecular flexibility index (Phi) is 8.12. The van der Waals surface area contributed by atoms with Gasteiger partial charge < -0.3 is 0 Å². The van der Waals surface area contributed by atoms with E-state index in [1.807, 2.05) is 0 Å². The Labute approximate surface area is 137 Å². The first kappa shape index (κ1) is 18.5. The Morgan fingerprint density at radius 1 is 0.833 bits per heavy atom. The highest BCUT2D eigenvalue weighted by molar-refractivity contribution is 9.08. The monoisotopic (exact) mass is 322 g/mol. The standard InChI is InChI=1S/C16H25Br.Mg.2H/c1-10(2)13-7-14(11(3)4)16(9-17)15(8-13)12(5)6;;;/h7-8,10-12H,9H2,1-6H3;;;. The van der Waals surface area contributed by atoms with Gasteiger partial charge in [0.1, 0.15) is 0 Å². The highest BCUT2D eigenvalue weighted by atomic mass is 79.9. The van der Waals surface area contributed by atoms with E-state index < -0.39 is 0 Å². The van der Waals surface area contributed by atoms with Gasteiger partial charge in [-0.25, -0.2) is 0 Å². The van der Waals surface area contributed by atoms with Crippen LogP contribution in [0.3, 0.4) is 0 Å². The number of alkyl halides is 1. The number of hydrogen-bond acceptors (Lipinski definition) is 0. The van der Waals surface area contributed by atoms with E-state index in [1.54, 1.807) is 0 Å². The molecule has 18 heavy (non-hydrogen) atoms. The van der Waals surface area contributed by atoms with E-state index in [-0.39, 0.29) is 23.1 Å². The SMILES string of the molecule is CC(C)c1cc(C(C)C)c(CBr)c(C(C)C)c1.[MgH2]. The minimum atomic E-state index is 0. The second-order valence-corrected chi connectivity index (χ2v) is 6.34. The van der Waals surface area contributed by atoms with Crippen molar-refractivity contribution in [1.29, 1.82) is 0 Å². The van der Waals surface area contributed by atoms with E-state index in [1.165, 1.54) is 22.3 Å². The Morgan fingerprint density at radius 3 is 1.44 bits per heavy atom. The normalized spacial score (nSPS) is 11.2. The summed E-state index contributed by atoms with van der Waals surface area (Å²) < 4.78 is 0. The molecular formula is C16H27BrMg.